The summed E-state index contributed by atoms with van der Waals surface area (Å²) in [5.41, 5.74) is 1.04. The molecular weight excluding hydrogens is 276 g/mol. The molecule has 0 radical (unpaired) electrons. The molecule has 1 heterocycles. The van der Waals surface area contributed by atoms with Crippen LogP contribution in [0.4, 0.5) is 11.4 Å². The zero-order chi connectivity index (χ0) is 14.7. The van der Waals surface area contributed by atoms with Gasteiger partial charge in [-0.1, -0.05) is 6.92 Å². The van der Waals surface area contributed by atoms with E-state index in [9.17, 15) is 14.9 Å². The average molecular weight is 294 g/mol. The van der Waals surface area contributed by atoms with Crippen molar-refractivity contribution in [1.82, 2.24) is 0 Å². The second kappa shape index (κ2) is 6.26. The molecule has 0 spiro atoms. The van der Waals surface area contributed by atoms with Gasteiger partial charge in [0, 0.05) is 35.7 Å². The predicted molar refractivity (Wildman–Crippen MR) is 81.9 cm³/mol. The molecule has 5 nitrogen and oxygen atoms in total. The van der Waals surface area contributed by atoms with Crippen LogP contribution in [-0.2, 0) is 0 Å². The minimum Gasteiger partial charge on any atom is -0.364 e. The van der Waals surface area contributed by atoms with Crippen LogP contribution in [0.3, 0.4) is 0 Å². The van der Waals surface area contributed by atoms with Crippen LogP contribution in [0.25, 0.3) is 0 Å². The van der Waals surface area contributed by atoms with Crippen molar-refractivity contribution in [2.45, 2.75) is 25.5 Å². The molecule has 1 aliphatic heterocycles. The van der Waals surface area contributed by atoms with Gasteiger partial charge in [0.2, 0.25) is 0 Å². The highest BCUT2D eigenvalue weighted by atomic mass is 32.2. The lowest BCUT2D eigenvalue weighted by Gasteiger charge is -2.33. The predicted octanol–water partition coefficient (Wildman–Crippen LogP) is 3.13. The van der Waals surface area contributed by atoms with Gasteiger partial charge in [-0.3, -0.25) is 14.9 Å². The van der Waals surface area contributed by atoms with Gasteiger partial charge in [0.1, 0.15) is 5.69 Å². The maximum Gasteiger partial charge on any atom is 0.293 e. The van der Waals surface area contributed by atoms with Gasteiger partial charge >= 0.3 is 0 Å². The highest BCUT2D eigenvalue weighted by molar-refractivity contribution is 8.00. The van der Waals surface area contributed by atoms with E-state index in [0.717, 1.165) is 25.3 Å². The Bertz CT molecular complexity index is 533. The van der Waals surface area contributed by atoms with Crippen molar-refractivity contribution < 1.29 is 9.72 Å². The highest BCUT2D eigenvalue weighted by Crippen LogP contribution is 2.33. The molecule has 1 atom stereocenters. The Kier molecular flexibility index (Phi) is 4.65. The third kappa shape index (κ3) is 3.12. The van der Waals surface area contributed by atoms with Gasteiger partial charge in [-0.15, -0.1) is 0 Å². The minimum atomic E-state index is -0.398. The molecule has 1 saturated heterocycles. The summed E-state index contributed by atoms with van der Waals surface area (Å²) in [5, 5.41) is 11.8. The van der Waals surface area contributed by atoms with Crippen LogP contribution in [0.5, 0.6) is 0 Å². The summed E-state index contributed by atoms with van der Waals surface area (Å²) in [7, 11) is 0. The van der Waals surface area contributed by atoms with E-state index in [4.69, 9.17) is 0 Å². The van der Waals surface area contributed by atoms with Crippen LogP contribution in [0.15, 0.2) is 18.2 Å². The van der Waals surface area contributed by atoms with E-state index < -0.39 is 4.92 Å². The van der Waals surface area contributed by atoms with Crippen LogP contribution in [-0.4, -0.2) is 34.8 Å². The molecule has 1 aromatic rings. The molecule has 1 unspecified atom stereocenters. The van der Waals surface area contributed by atoms with Crippen LogP contribution in [0, 0.1) is 10.1 Å². The number of nitrogens with zero attached hydrogens (tertiary/aromatic N) is 2. The third-order valence-corrected chi connectivity index (χ3v) is 4.89. The van der Waals surface area contributed by atoms with Crippen molar-refractivity contribution in [3.8, 4) is 0 Å². The van der Waals surface area contributed by atoms with Gasteiger partial charge in [0.05, 0.1) is 4.92 Å². The Hall–Kier alpha value is -1.56. The topological polar surface area (TPSA) is 63.5 Å². The second-order valence-corrected chi connectivity index (χ2v) is 6.27. The van der Waals surface area contributed by atoms with E-state index in [1.54, 1.807) is 12.1 Å². The van der Waals surface area contributed by atoms with Crippen LogP contribution >= 0.6 is 11.8 Å². The Morgan fingerprint density at radius 3 is 2.90 bits per heavy atom. The zero-order valence-corrected chi connectivity index (χ0v) is 12.5. The van der Waals surface area contributed by atoms with E-state index >= 15 is 0 Å². The van der Waals surface area contributed by atoms with Crippen molar-refractivity contribution in [1.29, 1.82) is 0 Å². The summed E-state index contributed by atoms with van der Waals surface area (Å²) >= 11 is 1.92. The van der Waals surface area contributed by atoms with Gasteiger partial charge in [0.15, 0.2) is 5.78 Å². The molecule has 0 amide bonds. The molecule has 2 rings (SSSR count). The number of thioether (sulfide) groups is 1. The average Bonchev–Trinajstić information content (AvgIpc) is 2.46. The number of nitro groups is 1. The number of anilines is 1. The molecule has 6 heteroatoms. The normalized spacial score (nSPS) is 18.9. The standard InChI is InChI=1S/C14H18N2O3S/c1-3-12-9-15(6-7-20-12)13-5-4-11(10(2)17)8-14(13)16(18)19/h4-5,8,12H,3,6-7,9H2,1-2H3. The largest absolute Gasteiger partial charge is 0.364 e. The van der Waals surface area contributed by atoms with E-state index in [2.05, 4.69) is 11.8 Å². The first-order chi connectivity index (χ1) is 9.52. The summed E-state index contributed by atoms with van der Waals surface area (Å²) in [4.78, 5) is 24.3. The summed E-state index contributed by atoms with van der Waals surface area (Å²) < 4.78 is 0. The minimum absolute atomic E-state index is 0.0273. The van der Waals surface area contributed by atoms with Crippen LogP contribution in [0.2, 0.25) is 0 Å². The number of carbonyl (C=O) groups excluding carboxylic acids is 1. The van der Waals surface area contributed by atoms with E-state index in [1.807, 2.05) is 11.8 Å². The lowest BCUT2D eigenvalue weighted by Crippen LogP contribution is -2.37. The molecule has 1 aliphatic rings. The summed E-state index contributed by atoms with van der Waals surface area (Å²) in [6.45, 7) is 5.18. The molecule has 1 aromatic carbocycles. The van der Waals surface area contributed by atoms with Gasteiger partial charge in [0.25, 0.3) is 5.69 Å². The number of rotatable bonds is 4. The highest BCUT2D eigenvalue weighted by Gasteiger charge is 2.25. The Morgan fingerprint density at radius 2 is 2.30 bits per heavy atom. The first kappa shape index (κ1) is 14.8. The molecule has 0 bridgehead atoms. The second-order valence-electron chi connectivity index (χ2n) is 4.86. The number of hydrogen-bond acceptors (Lipinski definition) is 5. The maximum absolute atomic E-state index is 11.4. The zero-order valence-electron chi connectivity index (χ0n) is 11.7. The van der Waals surface area contributed by atoms with Gasteiger partial charge < -0.3 is 4.90 Å². The van der Waals surface area contributed by atoms with Crippen molar-refractivity contribution in [2.75, 3.05) is 23.7 Å². The number of carbonyl (C=O) groups is 1. The van der Waals surface area contributed by atoms with Crippen molar-refractivity contribution >= 4 is 28.9 Å². The Balaban J connectivity index is 2.35. The fourth-order valence-electron chi connectivity index (χ4n) is 2.34. The first-order valence-corrected chi connectivity index (χ1v) is 7.73. The van der Waals surface area contributed by atoms with Gasteiger partial charge in [-0.25, -0.2) is 0 Å². The summed E-state index contributed by atoms with van der Waals surface area (Å²) in [5.74, 6) is 0.824. The number of Topliss-reactive ketones (excluding diaryl/α,β-unsaturated/α-hetero) is 1. The lowest BCUT2D eigenvalue weighted by molar-refractivity contribution is -0.384. The lowest BCUT2D eigenvalue weighted by atomic mass is 10.1. The first-order valence-electron chi connectivity index (χ1n) is 6.68. The molecule has 0 saturated carbocycles. The summed E-state index contributed by atoms with van der Waals surface area (Å²) in [6, 6.07) is 4.77. The van der Waals surface area contributed by atoms with Gasteiger partial charge in [-0.05, 0) is 25.5 Å². The third-order valence-electron chi connectivity index (χ3n) is 3.51. The Morgan fingerprint density at radius 1 is 1.55 bits per heavy atom. The molecular formula is C14H18N2O3S. The number of ketones is 1. The summed E-state index contributed by atoms with van der Waals surface area (Å²) in [6.07, 6.45) is 1.06. The maximum atomic E-state index is 11.4. The number of benzene rings is 1. The molecule has 20 heavy (non-hydrogen) atoms. The molecule has 0 aliphatic carbocycles. The molecule has 0 aromatic heterocycles. The molecule has 1 fully saturated rings. The smallest absolute Gasteiger partial charge is 0.293 e. The number of hydrogen-bond donors (Lipinski definition) is 0. The van der Waals surface area contributed by atoms with Gasteiger partial charge in [-0.2, -0.15) is 11.8 Å². The quantitative estimate of drug-likeness (QED) is 0.485. The molecule has 0 N–H and O–H groups in total. The van der Waals surface area contributed by atoms with Crippen LogP contribution in [0.1, 0.15) is 30.6 Å². The Labute approximate surface area is 122 Å². The van der Waals surface area contributed by atoms with Crippen molar-refractivity contribution in [2.24, 2.45) is 0 Å². The van der Waals surface area contributed by atoms with E-state index in [0.29, 0.717) is 16.5 Å². The van der Waals surface area contributed by atoms with E-state index in [-0.39, 0.29) is 11.5 Å². The fraction of sp³-hybridized carbons (Fsp3) is 0.500. The van der Waals surface area contributed by atoms with E-state index in [1.165, 1.54) is 13.0 Å². The molecule has 108 valence electrons. The van der Waals surface area contributed by atoms with Crippen LogP contribution < -0.4 is 4.90 Å². The number of nitro benzene ring substituents is 1. The monoisotopic (exact) mass is 294 g/mol. The fourth-order valence-corrected chi connectivity index (χ4v) is 3.52. The van der Waals surface area contributed by atoms with Crippen molar-refractivity contribution in [3.05, 3.63) is 33.9 Å². The SMILES string of the molecule is CCC1CN(c2ccc(C(C)=O)cc2[N+](=O)[O-])CCS1. The van der Waals surface area contributed by atoms with Crippen molar-refractivity contribution in [3.63, 3.8) is 0 Å².